The molecule has 3 N–H and O–H groups in total. The molecule has 0 saturated heterocycles. The number of hydrogen-bond donors (Lipinski definition) is 2. The van der Waals surface area contributed by atoms with Crippen molar-refractivity contribution in [2.75, 3.05) is 0 Å². The summed E-state index contributed by atoms with van der Waals surface area (Å²) in [5, 5.41) is 1.94. The fraction of sp³-hybridized carbons (Fsp3) is 0.615. The highest BCUT2D eigenvalue weighted by Crippen LogP contribution is 2.40. The Hall–Kier alpha value is -0.870. The summed E-state index contributed by atoms with van der Waals surface area (Å²) in [7, 11) is 0. The van der Waals surface area contributed by atoms with E-state index in [1.807, 2.05) is 5.38 Å². The van der Waals surface area contributed by atoms with Crippen molar-refractivity contribution >= 4 is 17.2 Å². The Morgan fingerprint density at radius 1 is 1.53 bits per heavy atom. The van der Waals surface area contributed by atoms with E-state index >= 15 is 0 Å². The van der Waals surface area contributed by atoms with Crippen LogP contribution in [-0.4, -0.2) is 5.91 Å². The lowest BCUT2D eigenvalue weighted by Crippen LogP contribution is -2.31. The Labute approximate surface area is 106 Å². The molecule has 0 aliphatic heterocycles. The first-order valence-corrected chi connectivity index (χ1v) is 6.91. The van der Waals surface area contributed by atoms with Crippen LogP contribution in [0.5, 0.6) is 0 Å². The van der Waals surface area contributed by atoms with Gasteiger partial charge in [-0.15, -0.1) is 11.3 Å². The molecule has 0 aromatic carbocycles. The van der Waals surface area contributed by atoms with E-state index in [0.717, 1.165) is 24.8 Å². The topological polar surface area (TPSA) is 55.1 Å². The molecule has 1 heterocycles. The predicted molar refractivity (Wildman–Crippen MR) is 70.9 cm³/mol. The van der Waals surface area contributed by atoms with Gasteiger partial charge in [-0.3, -0.25) is 10.2 Å². The second-order valence-electron chi connectivity index (χ2n) is 5.83. The van der Waals surface area contributed by atoms with Gasteiger partial charge in [0.2, 0.25) is 0 Å². The molecule has 1 aliphatic rings. The van der Waals surface area contributed by atoms with E-state index in [-0.39, 0.29) is 5.91 Å². The highest BCUT2D eigenvalue weighted by molar-refractivity contribution is 7.10. The van der Waals surface area contributed by atoms with Crippen molar-refractivity contribution in [3.63, 3.8) is 0 Å². The molecular weight excluding hydrogens is 232 g/mol. The lowest BCUT2D eigenvalue weighted by molar-refractivity contribution is 0.0952. The SMILES string of the molecule is CC(C)(C)C1CCc2c(C(=O)NN)csc2C1. The third kappa shape index (κ3) is 2.38. The van der Waals surface area contributed by atoms with Crippen LogP contribution in [-0.2, 0) is 12.8 Å². The molecule has 1 aliphatic carbocycles. The maximum atomic E-state index is 11.6. The predicted octanol–water partition coefficient (Wildman–Crippen LogP) is 2.50. The Morgan fingerprint density at radius 2 is 2.24 bits per heavy atom. The van der Waals surface area contributed by atoms with Crippen LogP contribution in [0.3, 0.4) is 0 Å². The van der Waals surface area contributed by atoms with Gasteiger partial charge in [0, 0.05) is 10.3 Å². The maximum absolute atomic E-state index is 11.6. The molecule has 4 heteroatoms. The van der Waals surface area contributed by atoms with Crippen molar-refractivity contribution in [3.05, 3.63) is 21.4 Å². The van der Waals surface area contributed by atoms with Gasteiger partial charge in [-0.05, 0) is 36.2 Å². The minimum Gasteiger partial charge on any atom is -0.290 e. The fourth-order valence-corrected chi connectivity index (χ4v) is 3.68. The summed E-state index contributed by atoms with van der Waals surface area (Å²) in [6.07, 6.45) is 3.27. The normalized spacial score (nSPS) is 19.9. The zero-order chi connectivity index (χ0) is 12.6. The van der Waals surface area contributed by atoms with Crippen LogP contribution < -0.4 is 11.3 Å². The third-order valence-electron chi connectivity index (χ3n) is 3.76. The zero-order valence-electron chi connectivity index (χ0n) is 10.7. The number of amides is 1. The quantitative estimate of drug-likeness (QED) is 0.458. The number of fused-ring (bicyclic) bond motifs is 1. The van der Waals surface area contributed by atoms with Gasteiger partial charge < -0.3 is 0 Å². The number of rotatable bonds is 1. The molecule has 2 rings (SSSR count). The van der Waals surface area contributed by atoms with Gasteiger partial charge in [-0.25, -0.2) is 5.84 Å². The summed E-state index contributed by atoms with van der Waals surface area (Å²) in [6.45, 7) is 6.89. The minimum atomic E-state index is -0.156. The number of carbonyl (C=O) groups is 1. The highest BCUT2D eigenvalue weighted by atomic mass is 32.1. The van der Waals surface area contributed by atoms with Gasteiger partial charge >= 0.3 is 0 Å². The Morgan fingerprint density at radius 3 is 2.82 bits per heavy atom. The molecule has 0 saturated carbocycles. The first kappa shape index (κ1) is 12.6. The van der Waals surface area contributed by atoms with Gasteiger partial charge in [0.25, 0.3) is 5.91 Å². The van der Waals surface area contributed by atoms with Crippen molar-refractivity contribution in [3.8, 4) is 0 Å². The van der Waals surface area contributed by atoms with Gasteiger partial charge in [0.05, 0.1) is 5.56 Å². The van der Waals surface area contributed by atoms with Crippen LogP contribution in [0.25, 0.3) is 0 Å². The number of hydrazine groups is 1. The van der Waals surface area contributed by atoms with E-state index in [9.17, 15) is 4.79 Å². The largest absolute Gasteiger partial charge is 0.290 e. The zero-order valence-corrected chi connectivity index (χ0v) is 11.5. The molecule has 0 bridgehead atoms. The first-order valence-electron chi connectivity index (χ1n) is 6.03. The molecule has 1 unspecified atom stereocenters. The number of nitrogen functional groups attached to an aromatic ring is 1. The summed E-state index contributed by atoms with van der Waals surface area (Å²) in [5.74, 6) is 5.75. The molecule has 1 aromatic heterocycles. The first-order chi connectivity index (χ1) is 7.93. The van der Waals surface area contributed by atoms with Crippen molar-refractivity contribution < 1.29 is 4.79 Å². The summed E-state index contributed by atoms with van der Waals surface area (Å²) in [5.41, 5.74) is 4.57. The molecule has 0 radical (unpaired) electrons. The molecule has 1 aromatic rings. The second-order valence-corrected chi connectivity index (χ2v) is 6.79. The van der Waals surface area contributed by atoms with E-state index in [1.54, 1.807) is 11.3 Å². The Balaban J connectivity index is 2.24. The summed E-state index contributed by atoms with van der Waals surface area (Å²) in [4.78, 5) is 13.0. The molecular formula is C13H20N2OS. The van der Waals surface area contributed by atoms with Gasteiger partial charge in [-0.2, -0.15) is 0 Å². The molecule has 3 nitrogen and oxygen atoms in total. The van der Waals surface area contributed by atoms with Crippen molar-refractivity contribution in [1.29, 1.82) is 0 Å². The van der Waals surface area contributed by atoms with Crippen molar-refractivity contribution in [2.24, 2.45) is 17.2 Å². The van der Waals surface area contributed by atoms with Crippen LogP contribution in [0, 0.1) is 11.3 Å². The number of thiophene rings is 1. The van der Waals surface area contributed by atoms with Crippen molar-refractivity contribution in [1.82, 2.24) is 5.43 Å². The van der Waals surface area contributed by atoms with Crippen LogP contribution in [0.1, 0.15) is 48.0 Å². The van der Waals surface area contributed by atoms with Crippen LogP contribution in [0.4, 0.5) is 0 Å². The number of nitrogens with two attached hydrogens (primary N) is 1. The summed E-state index contributed by atoms with van der Waals surface area (Å²) < 4.78 is 0. The third-order valence-corrected chi connectivity index (χ3v) is 4.81. The van der Waals surface area contributed by atoms with E-state index in [4.69, 9.17) is 5.84 Å². The van der Waals surface area contributed by atoms with Crippen LogP contribution in [0.15, 0.2) is 5.38 Å². The monoisotopic (exact) mass is 252 g/mol. The minimum absolute atomic E-state index is 0.156. The molecule has 0 fully saturated rings. The number of carbonyl (C=O) groups excluding carboxylic acids is 1. The Kier molecular flexibility index (Phi) is 3.27. The van der Waals surface area contributed by atoms with Gasteiger partial charge in [0.1, 0.15) is 0 Å². The number of hydrogen-bond acceptors (Lipinski definition) is 3. The maximum Gasteiger partial charge on any atom is 0.266 e. The summed E-state index contributed by atoms with van der Waals surface area (Å²) in [6, 6.07) is 0. The lowest BCUT2D eigenvalue weighted by Gasteiger charge is -2.33. The fourth-order valence-electron chi connectivity index (χ4n) is 2.52. The van der Waals surface area contributed by atoms with Crippen molar-refractivity contribution in [2.45, 2.75) is 40.0 Å². The van der Waals surface area contributed by atoms with E-state index in [2.05, 4.69) is 26.2 Å². The van der Waals surface area contributed by atoms with E-state index < -0.39 is 0 Å². The van der Waals surface area contributed by atoms with Crippen LogP contribution >= 0.6 is 11.3 Å². The second kappa shape index (κ2) is 4.42. The average Bonchev–Trinajstić information content (AvgIpc) is 2.69. The lowest BCUT2D eigenvalue weighted by atomic mass is 9.72. The molecule has 1 amide bonds. The summed E-state index contributed by atoms with van der Waals surface area (Å²) >= 11 is 1.70. The Bertz CT molecular complexity index is 431. The smallest absolute Gasteiger partial charge is 0.266 e. The van der Waals surface area contributed by atoms with Gasteiger partial charge in [-0.1, -0.05) is 20.8 Å². The number of nitrogens with one attached hydrogen (secondary N) is 1. The molecule has 17 heavy (non-hydrogen) atoms. The highest BCUT2D eigenvalue weighted by Gasteiger charge is 2.31. The molecule has 94 valence electrons. The average molecular weight is 252 g/mol. The molecule has 1 atom stereocenters. The van der Waals surface area contributed by atoms with E-state index in [0.29, 0.717) is 11.3 Å². The van der Waals surface area contributed by atoms with Gasteiger partial charge in [0.15, 0.2) is 0 Å². The standard InChI is InChI=1S/C13H20N2OS/c1-13(2,3)8-4-5-9-10(12(16)15-14)7-17-11(9)6-8/h7-8H,4-6,14H2,1-3H3,(H,15,16). The van der Waals surface area contributed by atoms with E-state index in [1.165, 1.54) is 10.4 Å². The van der Waals surface area contributed by atoms with Crippen LogP contribution in [0.2, 0.25) is 0 Å². The molecule has 0 spiro atoms.